The molecule has 0 aromatic carbocycles. The maximum Gasteiger partial charge on any atom is 3.00 e. The van der Waals surface area contributed by atoms with Crippen molar-refractivity contribution in [2.24, 2.45) is 0 Å². The third-order valence-corrected chi connectivity index (χ3v) is 6.12. The Morgan fingerprint density at radius 1 is 0.375 bits per heavy atom. The average Bonchev–Trinajstić information content (AvgIpc) is 2.89. The molecule has 233 valence electrons. The number of unbranched alkanes of at least 4 members (excludes halogenated alkanes) is 18. The first kappa shape index (κ1) is 45.1. The molecule has 0 amide bonds. The molecule has 0 atom stereocenters. The summed E-state index contributed by atoms with van der Waals surface area (Å²) in [7, 11) is 0. The van der Waals surface area contributed by atoms with E-state index >= 15 is 0 Å². The van der Waals surface area contributed by atoms with E-state index in [0.717, 1.165) is 77.0 Å². The van der Waals surface area contributed by atoms with Crippen LogP contribution in [-0.2, 0) is 31.5 Å². The van der Waals surface area contributed by atoms with Gasteiger partial charge in [0.1, 0.15) is 0 Å². The first-order chi connectivity index (χ1) is 18.8. The predicted octanol–water partition coefficient (Wildman–Crippen LogP) is 6.13. The van der Waals surface area contributed by atoms with E-state index in [1.165, 1.54) is 57.8 Å². The molecule has 0 spiro atoms. The third kappa shape index (κ3) is 56.4. The second kappa shape index (κ2) is 41.6. The molecule has 0 aliphatic rings. The summed E-state index contributed by atoms with van der Waals surface area (Å²) in [5, 5.41) is 30.2. The fraction of sp³-hybridized carbons (Fsp3) is 0.727. The van der Waals surface area contributed by atoms with Crippen molar-refractivity contribution in [3.8, 4) is 0 Å². The maximum atomic E-state index is 10.1. The molecule has 0 aliphatic heterocycles. The van der Waals surface area contributed by atoms with Crippen molar-refractivity contribution in [1.82, 2.24) is 0 Å². The number of rotatable bonds is 27. The summed E-state index contributed by atoms with van der Waals surface area (Å²) in [4.78, 5) is 30.2. The minimum atomic E-state index is -0.924. The zero-order valence-electron chi connectivity index (χ0n) is 25.1. The molecule has 0 rings (SSSR count). The van der Waals surface area contributed by atoms with E-state index in [0.29, 0.717) is 0 Å². The molecule has 7 heteroatoms. The minimum Gasteiger partial charge on any atom is -0.550 e. The SMILES string of the molecule is C=CCCCCCCCCC(=O)[O-].C=CCCCCCCCCC(=O)[O-].C=CCCCCCCCCC(=O)[O-].[Fe+3]. The number of carbonyl (C=O) groups excluding carboxylic acids is 3. The molecule has 1 radical (unpaired) electrons. The van der Waals surface area contributed by atoms with Gasteiger partial charge >= 0.3 is 17.1 Å². The number of carboxylic acid groups (broad SMARTS) is 3. The molecule has 40 heavy (non-hydrogen) atoms. The Bertz CT molecular complexity index is 511. The van der Waals surface area contributed by atoms with E-state index in [9.17, 15) is 29.7 Å². The van der Waals surface area contributed by atoms with E-state index in [1.54, 1.807) is 0 Å². The third-order valence-electron chi connectivity index (χ3n) is 6.12. The van der Waals surface area contributed by atoms with Gasteiger partial charge in [-0.25, -0.2) is 0 Å². The smallest absolute Gasteiger partial charge is 0.550 e. The van der Waals surface area contributed by atoms with Crippen molar-refractivity contribution in [3.05, 3.63) is 38.0 Å². The predicted molar refractivity (Wildman–Crippen MR) is 156 cm³/mol. The first-order valence-electron chi connectivity index (χ1n) is 15.2. The van der Waals surface area contributed by atoms with Crippen LogP contribution < -0.4 is 15.3 Å². The van der Waals surface area contributed by atoms with Crippen molar-refractivity contribution in [2.45, 2.75) is 154 Å². The van der Waals surface area contributed by atoms with Gasteiger partial charge in [0, 0.05) is 17.9 Å². The van der Waals surface area contributed by atoms with Crippen LogP contribution in [0.25, 0.3) is 0 Å². The first-order valence-corrected chi connectivity index (χ1v) is 15.2. The number of carbonyl (C=O) groups is 3. The van der Waals surface area contributed by atoms with Crippen LogP contribution in [0.3, 0.4) is 0 Å². The molecule has 0 aliphatic carbocycles. The molecule has 0 saturated heterocycles. The largest absolute Gasteiger partial charge is 3.00 e. The molecule has 0 unspecified atom stereocenters. The van der Waals surface area contributed by atoms with Crippen LogP contribution in [0.15, 0.2) is 38.0 Å². The van der Waals surface area contributed by atoms with Crippen molar-refractivity contribution in [3.63, 3.8) is 0 Å². The van der Waals surface area contributed by atoms with Gasteiger partial charge in [0.05, 0.1) is 0 Å². The van der Waals surface area contributed by atoms with Gasteiger partial charge in [-0.1, -0.05) is 95.3 Å². The Balaban J connectivity index is -0.000000240. The summed E-state index contributed by atoms with van der Waals surface area (Å²) < 4.78 is 0. The van der Waals surface area contributed by atoms with E-state index < -0.39 is 17.9 Å². The standard InChI is InChI=1S/3C11H20O2.Fe/c3*1-2-3-4-5-6-7-8-9-10-11(12)13;/h3*2H,1,3-10H2,(H,12,13);/q;;;+3/p-3. The Morgan fingerprint density at radius 2 is 0.550 bits per heavy atom. The topological polar surface area (TPSA) is 120 Å². The van der Waals surface area contributed by atoms with Crippen molar-refractivity contribution < 1.29 is 46.8 Å². The van der Waals surface area contributed by atoms with Crippen LogP contribution in [0, 0.1) is 0 Å². The molecular formula is C33H57FeO6. The Labute approximate surface area is 256 Å². The number of hydrogen-bond donors (Lipinski definition) is 0. The summed E-state index contributed by atoms with van der Waals surface area (Å²) in [5.41, 5.74) is 0. The van der Waals surface area contributed by atoms with E-state index in [1.807, 2.05) is 18.2 Å². The molecule has 0 heterocycles. The molecule has 0 saturated carbocycles. The van der Waals surface area contributed by atoms with Crippen LogP contribution >= 0.6 is 0 Å². The summed E-state index contributed by atoms with van der Waals surface area (Å²) >= 11 is 0. The van der Waals surface area contributed by atoms with E-state index in [2.05, 4.69) is 19.7 Å². The zero-order valence-corrected chi connectivity index (χ0v) is 26.2. The minimum absolute atomic E-state index is 0. The van der Waals surface area contributed by atoms with Crippen molar-refractivity contribution in [2.75, 3.05) is 0 Å². The van der Waals surface area contributed by atoms with Crippen LogP contribution in [0.5, 0.6) is 0 Å². The van der Waals surface area contributed by atoms with Gasteiger partial charge in [0.2, 0.25) is 0 Å². The van der Waals surface area contributed by atoms with Crippen LogP contribution in [0.4, 0.5) is 0 Å². The van der Waals surface area contributed by atoms with Gasteiger partial charge in [0.25, 0.3) is 0 Å². The number of hydrogen-bond acceptors (Lipinski definition) is 6. The van der Waals surface area contributed by atoms with Gasteiger partial charge in [0.15, 0.2) is 0 Å². The van der Waals surface area contributed by atoms with Gasteiger partial charge < -0.3 is 29.7 Å². The van der Waals surface area contributed by atoms with Gasteiger partial charge in [-0.15, -0.1) is 19.7 Å². The second-order valence-electron chi connectivity index (χ2n) is 9.96. The Hall–Kier alpha value is -1.85. The van der Waals surface area contributed by atoms with Crippen LogP contribution in [0.2, 0.25) is 0 Å². The Kier molecular flexibility index (Phi) is 47.0. The summed E-state index contributed by atoms with van der Waals surface area (Å²) in [6, 6.07) is 0. The normalized spacial score (nSPS) is 9.60. The molecule has 0 fully saturated rings. The van der Waals surface area contributed by atoms with E-state index in [-0.39, 0.29) is 36.3 Å². The fourth-order valence-electron chi connectivity index (χ4n) is 3.80. The monoisotopic (exact) mass is 605 g/mol. The van der Waals surface area contributed by atoms with Crippen molar-refractivity contribution in [1.29, 1.82) is 0 Å². The summed E-state index contributed by atoms with van der Waals surface area (Å²) in [6.45, 7) is 11.0. The van der Waals surface area contributed by atoms with Gasteiger partial charge in [-0.05, 0) is 77.0 Å². The maximum absolute atomic E-state index is 10.1. The number of carboxylic acids is 3. The zero-order chi connectivity index (χ0) is 29.8. The quantitative estimate of drug-likeness (QED) is 0.0631. The van der Waals surface area contributed by atoms with E-state index in [4.69, 9.17) is 0 Å². The fourth-order valence-corrected chi connectivity index (χ4v) is 3.80. The van der Waals surface area contributed by atoms with Gasteiger partial charge in [-0.3, -0.25) is 0 Å². The Morgan fingerprint density at radius 3 is 0.725 bits per heavy atom. The van der Waals surface area contributed by atoms with Crippen LogP contribution in [-0.4, -0.2) is 17.9 Å². The molecule has 0 bridgehead atoms. The average molecular weight is 606 g/mol. The molecule has 6 nitrogen and oxygen atoms in total. The van der Waals surface area contributed by atoms with Crippen LogP contribution in [0.1, 0.15) is 154 Å². The summed E-state index contributed by atoms with van der Waals surface area (Å²) in [6.07, 6.45) is 29.5. The molecular weight excluding hydrogens is 548 g/mol. The number of aliphatic carboxylic acids is 3. The summed E-state index contributed by atoms with van der Waals surface area (Å²) in [5.74, 6) is -2.77. The molecule has 0 N–H and O–H groups in total. The molecule has 0 aromatic rings. The van der Waals surface area contributed by atoms with Gasteiger partial charge in [-0.2, -0.15) is 0 Å². The van der Waals surface area contributed by atoms with Crippen molar-refractivity contribution >= 4 is 17.9 Å². The molecule has 0 aromatic heterocycles. The second-order valence-corrected chi connectivity index (χ2v) is 9.96. The number of allylic oxidation sites excluding steroid dienone is 3.